The summed E-state index contributed by atoms with van der Waals surface area (Å²) >= 11 is 0. The maximum absolute atomic E-state index is 9.10. The van der Waals surface area contributed by atoms with E-state index in [1.165, 1.54) is 0 Å². The Morgan fingerprint density at radius 3 is 2.25 bits per heavy atom. The van der Waals surface area contributed by atoms with Crippen molar-refractivity contribution in [1.29, 1.82) is 0 Å². The van der Waals surface area contributed by atoms with Gasteiger partial charge in [-0.3, -0.25) is 0 Å². The summed E-state index contributed by atoms with van der Waals surface area (Å²) in [6, 6.07) is 11.0. The van der Waals surface area contributed by atoms with E-state index in [2.05, 4.69) is 5.32 Å². The number of rotatable bonds is 5. The van der Waals surface area contributed by atoms with Gasteiger partial charge in [-0.05, 0) is 53.9 Å². The highest BCUT2D eigenvalue weighted by molar-refractivity contribution is 5.60. The van der Waals surface area contributed by atoms with Crippen molar-refractivity contribution in [3.63, 3.8) is 0 Å². The molecule has 0 amide bonds. The fraction of sp³-hybridized carbons (Fsp3) is 0.200. The number of aliphatic hydroxyl groups is 1. The van der Waals surface area contributed by atoms with Gasteiger partial charge in [0, 0.05) is 35.9 Å². The molecular formula is C15H20N4O. The molecule has 0 aliphatic rings. The molecule has 5 nitrogen and oxygen atoms in total. The molecule has 0 fully saturated rings. The summed E-state index contributed by atoms with van der Waals surface area (Å²) in [5.41, 5.74) is 22.4. The van der Waals surface area contributed by atoms with E-state index in [-0.39, 0.29) is 6.61 Å². The summed E-state index contributed by atoms with van der Waals surface area (Å²) in [5.74, 6) is 0. The van der Waals surface area contributed by atoms with Crippen LogP contribution in [-0.2, 0) is 13.0 Å². The van der Waals surface area contributed by atoms with Crippen LogP contribution in [0.3, 0.4) is 0 Å². The van der Waals surface area contributed by atoms with Gasteiger partial charge in [0.25, 0.3) is 0 Å². The minimum absolute atomic E-state index is 0.0819. The van der Waals surface area contributed by atoms with E-state index in [0.29, 0.717) is 30.0 Å². The van der Waals surface area contributed by atoms with Crippen LogP contribution in [0, 0.1) is 0 Å². The van der Waals surface area contributed by atoms with Crippen LogP contribution < -0.4 is 22.5 Å². The average Bonchev–Trinajstić information content (AvgIpc) is 2.42. The number of anilines is 4. The number of hydrogen-bond donors (Lipinski definition) is 5. The zero-order valence-corrected chi connectivity index (χ0v) is 11.3. The zero-order valence-electron chi connectivity index (χ0n) is 11.3. The van der Waals surface area contributed by atoms with Crippen LogP contribution in [0.1, 0.15) is 11.1 Å². The van der Waals surface area contributed by atoms with Crippen LogP contribution in [0.2, 0.25) is 0 Å². The van der Waals surface area contributed by atoms with Gasteiger partial charge in [-0.15, -0.1) is 0 Å². The van der Waals surface area contributed by atoms with E-state index < -0.39 is 0 Å². The van der Waals surface area contributed by atoms with Crippen molar-refractivity contribution < 1.29 is 5.11 Å². The molecule has 0 bridgehead atoms. The summed E-state index contributed by atoms with van der Waals surface area (Å²) in [6.07, 6.45) is 0.555. The Morgan fingerprint density at radius 1 is 0.900 bits per heavy atom. The lowest BCUT2D eigenvalue weighted by atomic mass is 10.1. The number of nitrogens with two attached hydrogens (primary N) is 3. The second-order valence-electron chi connectivity index (χ2n) is 4.70. The molecule has 0 saturated heterocycles. The van der Waals surface area contributed by atoms with Gasteiger partial charge >= 0.3 is 0 Å². The van der Waals surface area contributed by atoms with Crippen LogP contribution >= 0.6 is 0 Å². The van der Waals surface area contributed by atoms with Gasteiger partial charge in [0.2, 0.25) is 0 Å². The first-order valence-electron chi connectivity index (χ1n) is 6.47. The first-order valence-corrected chi connectivity index (χ1v) is 6.47. The van der Waals surface area contributed by atoms with E-state index >= 15 is 0 Å². The summed E-state index contributed by atoms with van der Waals surface area (Å²) in [5, 5.41) is 12.4. The van der Waals surface area contributed by atoms with Gasteiger partial charge < -0.3 is 27.6 Å². The predicted octanol–water partition coefficient (Wildman–Crippen LogP) is 1.58. The fourth-order valence-corrected chi connectivity index (χ4v) is 2.08. The summed E-state index contributed by atoms with van der Waals surface area (Å²) in [6.45, 7) is 0.651. The van der Waals surface area contributed by atoms with Gasteiger partial charge in [0.05, 0.1) is 0 Å². The second kappa shape index (κ2) is 6.16. The third-order valence-corrected chi connectivity index (χ3v) is 3.15. The third kappa shape index (κ3) is 3.33. The van der Waals surface area contributed by atoms with Gasteiger partial charge in [-0.1, -0.05) is 0 Å². The summed E-state index contributed by atoms with van der Waals surface area (Å²) in [4.78, 5) is 0. The minimum Gasteiger partial charge on any atom is -0.399 e. The van der Waals surface area contributed by atoms with Gasteiger partial charge in [-0.2, -0.15) is 0 Å². The van der Waals surface area contributed by atoms with E-state index in [4.69, 9.17) is 22.3 Å². The van der Waals surface area contributed by atoms with Crippen molar-refractivity contribution in [3.05, 3.63) is 47.5 Å². The van der Waals surface area contributed by atoms with Crippen molar-refractivity contribution in [2.24, 2.45) is 0 Å². The van der Waals surface area contributed by atoms with Crippen molar-refractivity contribution in [2.45, 2.75) is 13.0 Å². The van der Waals surface area contributed by atoms with Gasteiger partial charge in [0.15, 0.2) is 0 Å². The molecule has 0 saturated carbocycles. The van der Waals surface area contributed by atoms with Crippen LogP contribution in [0.15, 0.2) is 36.4 Å². The maximum atomic E-state index is 9.10. The quantitative estimate of drug-likeness (QED) is 0.531. The molecule has 0 radical (unpaired) electrons. The van der Waals surface area contributed by atoms with Gasteiger partial charge in [0.1, 0.15) is 0 Å². The minimum atomic E-state index is 0.0819. The molecule has 0 unspecified atom stereocenters. The first kappa shape index (κ1) is 14.0. The predicted molar refractivity (Wildman–Crippen MR) is 84.2 cm³/mol. The Labute approximate surface area is 118 Å². The van der Waals surface area contributed by atoms with Crippen molar-refractivity contribution >= 4 is 22.7 Å². The molecule has 2 aromatic rings. The molecule has 2 rings (SSSR count). The molecule has 0 aliphatic carbocycles. The lowest BCUT2D eigenvalue weighted by Gasteiger charge is -2.14. The highest BCUT2D eigenvalue weighted by Crippen LogP contribution is 2.22. The monoisotopic (exact) mass is 272 g/mol. The maximum Gasteiger partial charge on any atom is 0.0472 e. The molecule has 106 valence electrons. The Hall–Kier alpha value is -2.40. The highest BCUT2D eigenvalue weighted by Gasteiger charge is 2.05. The number of nitrogens with one attached hydrogen (secondary N) is 1. The van der Waals surface area contributed by atoms with E-state index in [9.17, 15) is 0 Å². The van der Waals surface area contributed by atoms with Crippen molar-refractivity contribution in [2.75, 3.05) is 29.1 Å². The van der Waals surface area contributed by atoms with Crippen LogP contribution in [0.4, 0.5) is 22.7 Å². The molecular weight excluding hydrogens is 252 g/mol. The Morgan fingerprint density at radius 2 is 1.55 bits per heavy atom. The molecule has 0 heterocycles. The second-order valence-corrected chi connectivity index (χ2v) is 4.70. The standard InChI is InChI=1S/C15H20N4O/c16-12-1-3-14(18)11(8-12)9-19-15-4-2-13(17)7-10(15)5-6-20/h1-4,7-8,19-20H,5-6,9,16-18H2. The zero-order chi connectivity index (χ0) is 14.5. The number of hydrogen-bond acceptors (Lipinski definition) is 5. The lowest BCUT2D eigenvalue weighted by Crippen LogP contribution is -2.07. The lowest BCUT2D eigenvalue weighted by molar-refractivity contribution is 0.300. The Kier molecular flexibility index (Phi) is 4.32. The topological polar surface area (TPSA) is 110 Å². The Balaban J connectivity index is 2.16. The molecule has 5 heteroatoms. The SMILES string of the molecule is Nc1ccc(N)c(CNc2ccc(N)cc2CCO)c1. The molecule has 0 aliphatic heterocycles. The third-order valence-electron chi connectivity index (χ3n) is 3.15. The molecule has 20 heavy (non-hydrogen) atoms. The van der Waals surface area contributed by atoms with Crippen molar-refractivity contribution in [1.82, 2.24) is 0 Å². The summed E-state index contributed by atoms with van der Waals surface area (Å²) in [7, 11) is 0. The fourth-order valence-electron chi connectivity index (χ4n) is 2.08. The van der Waals surface area contributed by atoms with Gasteiger partial charge in [-0.25, -0.2) is 0 Å². The van der Waals surface area contributed by atoms with E-state index in [1.54, 1.807) is 12.1 Å². The van der Waals surface area contributed by atoms with Crippen molar-refractivity contribution in [3.8, 4) is 0 Å². The average molecular weight is 272 g/mol. The summed E-state index contributed by atoms with van der Waals surface area (Å²) < 4.78 is 0. The van der Waals surface area contributed by atoms with Crippen LogP contribution in [-0.4, -0.2) is 11.7 Å². The number of benzene rings is 2. The normalized spacial score (nSPS) is 10.4. The Bertz CT molecular complexity index is 598. The molecule has 2 aromatic carbocycles. The molecule has 8 N–H and O–H groups in total. The molecule has 0 atom stereocenters. The molecule has 0 aromatic heterocycles. The first-order chi connectivity index (χ1) is 9.60. The smallest absolute Gasteiger partial charge is 0.0472 e. The largest absolute Gasteiger partial charge is 0.399 e. The number of aliphatic hydroxyl groups excluding tert-OH is 1. The van der Waals surface area contributed by atoms with Crippen LogP contribution in [0.25, 0.3) is 0 Å². The number of nitrogen functional groups attached to an aromatic ring is 3. The molecule has 0 spiro atoms. The van der Waals surface area contributed by atoms with Crippen LogP contribution in [0.5, 0.6) is 0 Å². The highest BCUT2D eigenvalue weighted by atomic mass is 16.2. The van der Waals surface area contributed by atoms with E-state index in [0.717, 1.165) is 16.8 Å². The van der Waals surface area contributed by atoms with E-state index in [1.807, 2.05) is 24.3 Å².